The van der Waals surface area contributed by atoms with Crippen molar-refractivity contribution in [2.45, 2.75) is 33.1 Å². The highest BCUT2D eigenvalue weighted by atomic mass is 79.9. The summed E-state index contributed by atoms with van der Waals surface area (Å²) in [4.78, 5) is 11.9. The zero-order valence-electron chi connectivity index (χ0n) is 11.5. The van der Waals surface area contributed by atoms with Gasteiger partial charge < -0.3 is 5.32 Å². The third kappa shape index (κ3) is 4.94. The Bertz CT molecular complexity index is 393. The molecule has 19 heavy (non-hydrogen) atoms. The van der Waals surface area contributed by atoms with Gasteiger partial charge in [-0.1, -0.05) is 41.9 Å². The van der Waals surface area contributed by atoms with E-state index in [1.807, 2.05) is 0 Å². The number of nitrogens with one attached hydrogen (secondary N) is 1. The van der Waals surface area contributed by atoms with Crippen molar-refractivity contribution in [1.29, 1.82) is 0 Å². The third-order valence-corrected chi connectivity index (χ3v) is 4.91. The summed E-state index contributed by atoms with van der Waals surface area (Å²) in [5.74, 6) is -0.293. The second-order valence-corrected chi connectivity index (χ2v) is 5.48. The Morgan fingerprint density at radius 1 is 1.26 bits per heavy atom. The molecular weight excluding hydrogens is 309 g/mol. The van der Waals surface area contributed by atoms with Crippen LogP contribution in [0.15, 0.2) is 24.3 Å². The molecule has 1 aromatic rings. The molecule has 1 aromatic carbocycles. The summed E-state index contributed by atoms with van der Waals surface area (Å²) in [6.45, 7) is 4.94. The Labute approximate surface area is 122 Å². The van der Waals surface area contributed by atoms with Crippen molar-refractivity contribution >= 4 is 21.8 Å². The van der Waals surface area contributed by atoms with Gasteiger partial charge in [0, 0.05) is 11.9 Å². The van der Waals surface area contributed by atoms with E-state index in [1.165, 1.54) is 12.1 Å². The lowest BCUT2D eigenvalue weighted by atomic mass is 9.84. The maximum Gasteiger partial charge on any atom is 0.224 e. The topological polar surface area (TPSA) is 29.1 Å². The molecule has 0 saturated carbocycles. The van der Waals surface area contributed by atoms with Crippen LogP contribution in [0.3, 0.4) is 0 Å². The highest BCUT2D eigenvalue weighted by molar-refractivity contribution is 9.09. The van der Waals surface area contributed by atoms with Crippen molar-refractivity contribution in [3.05, 3.63) is 35.6 Å². The van der Waals surface area contributed by atoms with Crippen LogP contribution in [0.25, 0.3) is 0 Å². The highest BCUT2D eigenvalue weighted by Gasteiger charge is 2.25. The minimum atomic E-state index is -0.278. The maximum absolute atomic E-state index is 12.8. The van der Waals surface area contributed by atoms with E-state index < -0.39 is 0 Å². The standard InChI is InChI=1S/C15H21BrFNO/c1-3-15(4-2,10-16)11-18-14(19)9-12-5-7-13(17)8-6-12/h5-8H,3-4,9-11H2,1-2H3,(H,18,19). The van der Waals surface area contributed by atoms with Gasteiger partial charge in [-0.05, 0) is 36.0 Å². The summed E-state index contributed by atoms with van der Waals surface area (Å²) in [7, 11) is 0. The van der Waals surface area contributed by atoms with Gasteiger partial charge in [0.05, 0.1) is 6.42 Å². The summed E-state index contributed by atoms with van der Waals surface area (Å²) < 4.78 is 12.8. The van der Waals surface area contributed by atoms with E-state index in [-0.39, 0.29) is 17.1 Å². The first kappa shape index (κ1) is 16.2. The van der Waals surface area contributed by atoms with E-state index in [1.54, 1.807) is 12.1 Å². The number of carbonyl (C=O) groups excluding carboxylic acids is 1. The lowest BCUT2D eigenvalue weighted by molar-refractivity contribution is -0.120. The van der Waals surface area contributed by atoms with Crippen molar-refractivity contribution in [2.24, 2.45) is 5.41 Å². The smallest absolute Gasteiger partial charge is 0.224 e. The quantitative estimate of drug-likeness (QED) is 0.759. The van der Waals surface area contributed by atoms with Crippen LogP contribution in [0.2, 0.25) is 0 Å². The number of halogens is 2. The number of hydrogen-bond acceptors (Lipinski definition) is 1. The molecule has 1 N–H and O–H groups in total. The number of carbonyl (C=O) groups is 1. The van der Waals surface area contributed by atoms with Gasteiger partial charge >= 0.3 is 0 Å². The van der Waals surface area contributed by atoms with E-state index in [0.29, 0.717) is 13.0 Å². The summed E-state index contributed by atoms with van der Waals surface area (Å²) in [6.07, 6.45) is 2.34. The fraction of sp³-hybridized carbons (Fsp3) is 0.533. The second kappa shape index (κ2) is 7.63. The van der Waals surface area contributed by atoms with Gasteiger partial charge in [0.2, 0.25) is 5.91 Å². The molecule has 0 aliphatic rings. The first-order valence-corrected chi connectivity index (χ1v) is 7.74. The van der Waals surface area contributed by atoms with Crippen LogP contribution in [0.4, 0.5) is 4.39 Å². The van der Waals surface area contributed by atoms with Gasteiger partial charge in [0.15, 0.2) is 0 Å². The molecule has 0 aliphatic heterocycles. The van der Waals surface area contributed by atoms with Gasteiger partial charge in [-0.2, -0.15) is 0 Å². The average molecular weight is 330 g/mol. The number of amides is 1. The van der Waals surface area contributed by atoms with Crippen LogP contribution in [0.5, 0.6) is 0 Å². The van der Waals surface area contributed by atoms with E-state index >= 15 is 0 Å². The van der Waals surface area contributed by atoms with Crippen molar-refractivity contribution in [3.8, 4) is 0 Å². The molecule has 0 bridgehead atoms. The molecular formula is C15H21BrFNO. The average Bonchev–Trinajstić information content (AvgIpc) is 2.44. The van der Waals surface area contributed by atoms with Gasteiger partial charge in [0.25, 0.3) is 0 Å². The van der Waals surface area contributed by atoms with Crippen molar-refractivity contribution in [3.63, 3.8) is 0 Å². The van der Waals surface area contributed by atoms with Gasteiger partial charge in [0.1, 0.15) is 5.82 Å². The van der Waals surface area contributed by atoms with Crippen LogP contribution < -0.4 is 5.32 Å². The normalized spacial score (nSPS) is 11.4. The zero-order chi connectivity index (χ0) is 14.3. The van der Waals surface area contributed by atoms with Gasteiger partial charge in [-0.3, -0.25) is 4.79 Å². The lowest BCUT2D eigenvalue weighted by Gasteiger charge is -2.29. The molecule has 4 heteroatoms. The molecule has 0 aromatic heterocycles. The zero-order valence-corrected chi connectivity index (χ0v) is 13.1. The van der Waals surface area contributed by atoms with Crippen molar-refractivity contribution in [1.82, 2.24) is 5.32 Å². The Hall–Kier alpha value is -0.900. The monoisotopic (exact) mass is 329 g/mol. The van der Waals surface area contributed by atoms with Gasteiger partial charge in [-0.15, -0.1) is 0 Å². The third-order valence-electron chi connectivity index (χ3n) is 3.72. The Morgan fingerprint density at radius 2 is 1.84 bits per heavy atom. The van der Waals surface area contributed by atoms with Crippen LogP contribution in [-0.2, 0) is 11.2 Å². The molecule has 1 amide bonds. The number of hydrogen-bond donors (Lipinski definition) is 1. The first-order valence-electron chi connectivity index (χ1n) is 6.62. The maximum atomic E-state index is 12.8. The SMILES string of the molecule is CCC(CC)(CBr)CNC(=O)Cc1ccc(F)cc1. The molecule has 0 unspecified atom stereocenters. The second-order valence-electron chi connectivity index (χ2n) is 4.92. The number of rotatable bonds is 7. The fourth-order valence-corrected chi connectivity index (χ4v) is 2.86. The first-order chi connectivity index (χ1) is 9.05. The summed E-state index contributed by atoms with van der Waals surface area (Å²) in [6, 6.07) is 6.05. The molecule has 0 spiro atoms. The minimum absolute atomic E-state index is 0.0150. The largest absolute Gasteiger partial charge is 0.355 e. The highest BCUT2D eigenvalue weighted by Crippen LogP contribution is 2.27. The molecule has 106 valence electrons. The van der Waals surface area contributed by atoms with Crippen molar-refractivity contribution < 1.29 is 9.18 Å². The predicted molar refractivity (Wildman–Crippen MR) is 79.9 cm³/mol. The molecule has 0 fully saturated rings. The summed E-state index contributed by atoms with van der Waals surface area (Å²) in [5.41, 5.74) is 0.953. The number of benzene rings is 1. The molecule has 0 radical (unpaired) electrons. The predicted octanol–water partition coefficient (Wildman–Crippen LogP) is 3.69. The molecule has 0 saturated heterocycles. The Kier molecular flexibility index (Phi) is 6.49. The van der Waals surface area contributed by atoms with Crippen molar-refractivity contribution in [2.75, 3.05) is 11.9 Å². The van der Waals surface area contributed by atoms with E-state index in [2.05, 4.69) is 35.1 Å². The van der Waals surface area contributed by atoms with E-state index in [0.717, 1.165) is 23.7 Å². The van der Waals surface area contributed by atoms with Crippen LogP contribution in [0.1, 0.15) is 32.3 Å². The minimum Gasteiger partial charge on any atom is -0.355 e. The Morgan fingerprint density at radius 3 is 2.32 bits per heavy atom. The number of alkyl halides is 1. The van der Waals surface area contributed by atoms with Gasteiger partial charge in [-0.25, -0.2) is 4.39 Å². The van der Waals surface area contributed by atoms with Crippen LogP contribution in [-0.4, -0.2) is 17.8 Å². The fourth-order valence-electron chi connectivity index (χ4n) is 1.87. The van der Waals surface area contributed by atoms with Crippen LogP contribution in [0, 0.1) is 11.2 Å². The molecule has 0 atom stereocenters. The molecule has 2 nitrogen and oxygen atoms in total. The molecule has 1 rings (SSSR count). The summed E-state index contributed by atoms with van der Waals surface area (Å²) >= 11 is 3.53. The van der Waals surface area contributed by atoms with E-state index in [4.69, 9.17) is 0 Å². The van der Waals surface area contributed by atoms with E-state index in [9.17, 15) is 9.18 Å². The Balaban J connectivity index is 2.49. The van der Waals surface area contributed by atoms with Crippen LogP contribution >= 0.6 is 15.9 Å². The lowest BCUT2D eigenvalue weighted by Crippen LogP contribution is -2.38. The summed E-state index contributed by atoms with van der Waals surface area (Å²) in [5, 5.41) is 3.86. The molecule has 0 aliphatic carbocycles. The molecule has 0 heterocycles.